The molecule has 0 saturated heterocycles. The summed E-state index contributed by atoms with van der Waals surface area (Å²) in [5.41, 5.74) is 2.92. The van der Waals surface area contributed by atoms with Crippen LogP contribution in [0.4, 0.5) is 0 Å². The van der Waals surface area contributed by atoms with Crippen molar-refractivity contribution >= 4 is 11.1 Å². The van der Waals surface area contributed by atoms with E-state index < -0.39 is 11.1 Å². The molecule has 1 N–H and O–H groups in total. The summed E-state index contributed by atoms with van der Waals surface area (Å²) in [7, 11) is 0. The summed E-state index contributed by atoms with van der Waals surface area (Å²) in [6.07, 6.45) is 3.56. The summed E-state index contributed by atoms with van der Waals surface area (Å²) in [5, 5.41) is 0. The fourth-order valence-corrected chi connectivity index (χ4v) is 3.07. The second-order valence-corrected chi connectivity index (χ2v) is 6.65. The van der Waals surface area contributed by atoms with E-state index in [0.717, 1.165) is 17.0 Å². The van der Waals surface area contributed by atoms with Gasteiger partial charge in [0, 0.05) is 32.0 Å². The van der Waals surface area contributed by atoms with Crippen LogP contribution in [0.5, 0.6) is 0 Å². The van der Waals surface area contributed by atoms with E-state index in [9.17, 15) is 8.76 Å². The third-order valence-electron chi connectivity index (χ3n) is 3.73. The molecule has 128 valence electrons. The zero-order valence-electron chi connectivity index (χ0n) is 13.7. The van der Waals surface area contributed by atoms with Gasteiger partial charge in [-0.1, -0.05) is 24.3 Å². The van der Waals surface area contributed by atoms with Crippen molar-refractivity contribution in [2.75, 3.05) is 0 Å². The molecule has 3 aromatic rings. The number of aromatic nitrogens is 2. The molecule has 0 aliphatic carbocycles. The molecule has 1 unspecified atom stereocenters. The number of nitrogens with zero attached hydrogens (tertiary/aromatic N) is 3. The minimum absolute atomic E-state index is 0.410. The van der Waals surface area contributed by atoms with Gasteiger partial charge < -0.3 is 4.55 Å². The molecule has 0 radical (unpaired) electrons. The van der Waals surface area contributed by atoms with Crippen molar-refractivity contribution in [1.82, 2.24) is 14.9 Å². The Morgan fingerprint density at radius 1 is 0.840 bits per heavy atom. The van der Waals surface area contributed by atoms with Crippen LogP contribution in [0.1, 0.15) is 17.0 Å². The lowest BCUT2D eigenvalue weighted by atomic mass is 10.2. The van der Waals surface area contributed by atoms with Crippen LogP contribution < -0.4 is 0 Å². The van der Waals surface area contributed by atoms with E-state index in [1.54, 1.807) is 30.6 Å². The summed E-state index contributed by atoms with van der Waals surface area (Å²) in [4.78, 5) is 11.4. The molecule has 0 saturated carbocycles. The molecule has 0 bridgehead atoms. The summed E-state index contributed by atoms with van der Waals surface area (Å²) in [6.45, 7) is 1.98. The fourth-order valence-electron chi connectivity index (χ4n) is 2.62. The molecule has 0 amide bonds. The predicted molar refractivity (Wildman–Crippen MR) is 96.9 cm³/mol. The van der Waals surface area contributed by atoms with Gasteiger partial charge in [0.2, 0.25) is 0 Å². The Hall–Kier alpha value is -2.41. The molecular weight excluding hydrogens is 334 g/mol. The maximum Gasteiger partial charge on any atom is 0.186 e. The molecule has 0 spiro atoms. The van der Waals surface area contributed by atoms with E-state index in [1.807, 2.05) is 42.5 Å². The van der Waals surface area contributed by atoms with Crippen LogP contribution in [-0.2, 0) is 30.7 Å². The smallest absolute Gasteiger partial charge is 0.186 e. The minimum atomic E-state index is -1.97. The summed E-state index contributed by atoms with van der Waals surface area (Å²) in [5.74, 6) is 0. The molecule has 0 aliphatic heterocycles. The van der Waals surface area contributed by atoms with Crippen LogP contribution in [-0.4, -0.2) is 23.6 Å². The lowest BCUT2D eigenvalue weighted by Crippen LogP contribution is -2.23. The number of benzene rings is 1. The fraction of sp³-hybridized carbons (Fsp3) is 0.158. The quantitative estimate of drug-likeness (QED) is 0.661. The lowest BCUT2D eigenvalue weighted by molar-refractivity contribution is 0.241. The average Bonchev–Trinajstić information content (AvgIpc) is 2.63. The van der Waals surface area contributed by atoms with Gasteiger partial charge in [0.25, 0.3) is 0 Å². The van der Waals surface area contributed by atoms with Gasteiger partial charge in [-0.2, -0.15) is 0 Å². The monoisotopic (exact) mass is 353 g/mol. The highest BCUT2D eigenvalue weighted by Gasteiger charge is 2.11. The Kier molecular flexibility index (Phi) is 6.00. The average molecular weight is 353 g/mol. The minimum Gasteiger partial charge on any atom is -0.302 e. The maximum absolute atomic E-state index is 11.3. The van der Waals surface area contributed by atoms with Crippen LogP contribution in [0, 0.1) is 0 Å². The molecular formula is C19H19N3O2S. The van der Waals surface area contributed by atoms with Gasteiger partial charge in [0.05, 0.1) is 16.3 Å². The number of hydrogen-bond donors (Lipinski definition) is 1. The van der Waals surface area contributed by atoms with Crippen molar-refractivity contribution in [2.45, 2.75) is 24.5 Å². The second-order valence-electron chi connectivity index (χ2n) is 5.68. The Morgan fingerprint density at radius 3 is 2.00 bits per heavy atom. The van der Waals surface area contributed by atoms with Crippen LogP contribution in [0.25, 0.3) is 0 Å². The third-order valence-corrected chi connectivity index (χ3v) is 4.39. The summed E-state index contributed by atoms with van der Waals surface area (Å²) in [6, 6.07) is 18.9. The van der Waals surface area contributed by atoms with E-state index >= 15 is 0 Å². The van der Waals surface area contributed by atoms with Gasteiger partial charge in [-0.3, -0.25) is 14.9 Å². The molecule has 0 fully saturated rings. The standard InChI is InChI=1S/C19H19N3O2S/c23-25(24)19-9-5-6-16(12-19)13-22(14-17-7-1-3-10-20-17)15-18-8-2-4-11-21-18/h1-12H,13-15H2,(H,23,24). The topological polar surface area (TPSA) is 66.3 Å². The van der Waals surface area contributed by atoms with E-state index in [1.165, 1.54) is 0 Å². The molecule has 6 heteroatoms. The highest BCUT2D eigenvalue weighted by molar-refractivity contribution is 7.79. The molecule has 1 aromatic carbocycles. The van der Waals surface area contributed by atoms with E-state index in [4.69, 9.17) is 0 Å². The molecule has 5 nitrogen and oxygen atoms in total. The number of pyridine rings is 2. The Bertz CT molecular complexity index is 787. The van der Waals surface area contributed by atoms with Crippen LogP contribution in [0.2, 0.25) is 0 Å². The van der Waals surface area contributed by atoms with Crippen LogP contribution in [0.3, 0.4) is 0 Å². The highest BCUT2D eigenvalue weighted by Crippen LogP contribution is 2.15. The number of hydrogen-bond acceptors (Lipinski definition) is 4. The molecule has 2 aromatic heterocycles. The van der Waals surface area contributed by atoms with E-state index in [2.05, 4.69) is 14.9 Å². The first-order valence-electron chi connectivity index (χ1n) is 7.93. The summed E-state index contributed by atoms with van der Waals surface area (Å²) < 4.78 is 20.6. The van der Waals surface area contributed by atoms with Gasteiger partial charge >= 0.3 is 0 Å². The van der Waals surface area contributed by atoms with Crippen LogP contribution >= 0.6 is 0 Å². The summed E-state index contributed by atoms with van der Waals surface area (Å²) >= 11 is -1.97. The third kappa shape index (κ3) is 5.29. The number of rotatable bonds is 7. The Labute approximate surface area is 149 Å². The normalized spacial score (nSPS) is 12.2. The van der Waals surface area contributed by atoms with Crippen molar-refractivity contribution in [3.63, 3.8) is 0 Å². The maximum atomic E-state index is 11.3. The Morgan fingerprint density at radius 2 is 1.48 bits per heavy atom. The Balaban J connectivity index is 1.80. The highest BCUT2D eigenvalue weighted by atomic mass is 32.2. The zero-order valence-corrected chi connectivity index (χ0v) is 14.5. The van der Waals surface area contributed by atoms with Crippen molar-refractivity contribution < 1.29 is 8.76 Å². The van der Waals surface area contributed by atoms with Crippen molar-refractivity contribution in [3.05, 3.63) is 90.0 Å². The zero-order chi connectivity index (χ0) is 17.5. The molecule has 1 atom stereocenters. The van der Waals surface area contributed by atoms with Gasteiger partial charge in [-0.15, -0.1) is 0 Å². The lowest BCUT2D eigenvalue weighted by Gasteiger charge is -2.22. The van der Waals surface area contributed by atoms with Crippen molar-refractivity contribution in [3.8, 4) is 0 Å². The van der Waals surface area contributed by atoms with E-state index in [0.29, 0.717) is 24.5 Å². The van der Waals surface area contributed by atoms with Gasteiger partial charge in [-0.25, -0.2) is 4.21 Å². The predicted octanol–water partition coefficient (Wildman–Crippen LogP) is 3.26. The molecule has 0 aliphatic rings. The first kappa shape index (κ1) is 17.4. The molecule has 3 rings (SSSR count). The van der Waals surface area contributed by atoms with E-state index in [-0.39, 0.29) is 0 Å². The molecule has 25 heavy (non-hydrogen) atoms. The largest absolute Gasteiger partial charge is 0.302 e. The molecule has 2 heterocycles. The van der Waals surface area contributed by atoms with Crippen LogP contribution in [0.15, 0.2) is 78.0 Å². The second kappa shape index (κ2) is 8.62. The van der Waals surface area contributed by atoms with Gasteiger partial charge in [0.1, 0.15) is 0 Å². The van der Waals surface area contributed by atoms with Crippen molar-refractivity contribution in [2.24, 2.45) is 0 Å². The van der Waals surface area contributed by atoms with Gasteiger partial charge in [0.15, 0.2) is 11.1 Å². The van der Waals surface area contributed by atoms with Gasteiger partial charge in [-0.05, 0) is 42.0 Å². The first-order valence-corrected chi connectivity index (χ1v) is 9.03. The SMILES string of the molecule is O=S(O)c1cccc(CN(Cc2ccccn2)Cc2ccccn2)c1. The first-order chi connectivity index (χ1) is 12.2. The van der Waals surface area contributed by atoms with Crippen molar-refractivity contribution in [1.29, 1.82) is 0 Å².